The van der Waals surface area contributed by atoms with Gasteiger partial charge in [0.1, 0.15) is 6.29 Å². The van der Waals surface area contributed by atoms with Gasteiger partial charge in [-0.15, -0.1) is 13.0 Å². The lowest BCUT2D eigenvalue weighted by atomic mass is 9.32. The average Bonchev–Trinajstić information content (AvgIpc) is 3.15. The largest absolute Gasteiger partial charge is 0.392 e. The first-order chi connectivity index (χ1) is 15.9. The Balaban J connectivity index is 1.54. The minimum Gasteiger partial charge on any atom is -0.392 e. The fourth-order valence-corrected chi connectivity index (χ4v) is 11.6. The molecule has 0 saturated heterocycles. The van der Waals surface area contributed by atoms with Crippen molar-refractivity contribution in [1.29, 1.82) is 0 Å². The summed E-state index contributed by atoms with van der Waals surface area (Å²) >= 11 is 0. The van der Waals surface area contributed by atoms with Gasteiger partial charge in [0.15, 0.2) is 0 Å². The van der Waals surface area contributed by atoms with Crippen molar-refractivity contribution in [2.24, 2.45) is 56.7 Å². The lowest BCUT2D eigenvalue weighted by Crippen LogP contribution is -2.66. The van der Waals surface area contributed by atoms with Crippen LogP contribution >= 0.6 is 0 Å². The number of fused-ring (bicyclic) bond motifs is 7. The third-order valence-electron chi connectivity index (χ3n) is 13.4. The molecule has 0 aromatic heterocycles. The minimum absolute atomic E-state index is 0.0917. The zero-order valence-electron chi connectivity index (χ0n) is 22.5. The summed E-state index contributed by atoms with van der Waals surface area (Å²) in [6, 6.07) is 0. The lowest BCUT2D eigenvalue weighted by Gasteiger charge is -2.72. The van der Waals surface area contributed by atoms with E-state index in [1.165, 1.54) is 44.0 Å². The zero-order chi connectivity index (χ0) is 24.7. The first-order valence-corrected chi connectivity index (χ1v) is 14.2. The topological polar surface area (TPSA) is 37.3 Å². The van der Waals surface area contributed by atoms with Crippen LogP contribution in [0.1, 0.15) is 105 Å². The van der Waals surface area contributed by atoms with Gasteiger partial charge in [0.05, 0.1) is 11.5 Å². The Morgan fingerprint density at radius 1 is 0.971 bits per heavy atom. The molecule has 2 nitrogen and oxygen atoms in total. The van der Waals surface area contributed by atoms with Crippen LogP contribution in [0.4, 0.5) is 0 Å². The Kier molecular flexibility index (Phi) is 5.58. The number of rotatable bonds is 3. The fraction of sp³-hybridized carbons (Fsp3) is 0.844. The number of aliphatic hydroxyl groups excluding tert-OH is 1. The van der Waals surface area contributed by atoms with Crippen LogP contribution in [0, 0.1) is 69.0 Å². The number of allylic oxidation sites excluding steroid dienone is 1. The molecule has 0 amide bonds. The van der Waals surface area contributed by atoms with Crippen LogP contribution in [-0.4, -0.2) is 17.5 Å². The van der Waals surface area contributed by atoms with Crippen LogP contribution in [0.5, 0.6) is 0 Å². The molecule has 2 heteroatoms. The number of hydrogen-bond donors (Lipinski definition) is 1. The highest BCUT2D eigenvalue weighted by molar-refractivity contribution is 5.61. The second kappa shape index (κ2) is 7.71. The van der Waals surface area contributed by atoms with Crippen LogP contribution in [0.15, 0.2) is 12.2 Å². The van der Waals surface area contributed by atoms with Gasteiger partial charge in [0, 0.05) is 5.41 Å². The number of hydrogen-bond acceptors (Lipinski definition) is 2. The Hall–Kier alpha value is -1.07. The summed E-state index contributed by atoms with van der Waals surface area (Å²) in [6.07, 6.45) is 19.5. The van der Waals surface area contributed by atoms with Crippen molar-refractivity contribution in [1.82, 2.24) is 0 Å². The van der Waals surface area contributed by atoms with Gasteiger partial charge >= 0.3 is 0 Å². The molecule has 5 rings (SSSR count). The van der Waals surface area contributed by atoms with E-state index in [-0.39, 0.29) is 27.8 Å². The lowest BCUT2D eigenvalue weighted by molar-refractivity contribution is -0.241. The van der Waals surface area contributed by atoms with Crippen LogP contribution in [-0.2, 0) is 4.79 Å². The minimum atomic E-state index is -0.413. The average molecular weight is 465 g/mol. The van der Waals surface area contributed by atoms with Crippen molar-refractivity contribution < 1.29 is 9.90 Å². The molecule has 34 heavy (non-hydrogen) atoms. The third kappa shape index (κ3) is 2.89. The molecule has 11 unspecified atom stereocenters. The molecule has 5 aliphatic rings. The SMILES string of the molecule is C#CC1(C)C(O)CCC2(C)C1CCC1(C)C2CCC2C3C(CC(=C)C)CCC3(C=O)CCC21C. The molecule has 11 atom stereocenters. The maximum atomic E-state index is 12.6. The fourth-order valence-electron chi connectivity index (χ4n) is 11.6. The molecule has 0 radical (unpaired) electrons. The number of aliphatic hydroxyl groups is 1. The Morgan fingerprint density at radius 2 is 1.71 bits per heavy atom. The van der Waals surface area contributed by atoms with Gasteiger partial charge in [0.25, 0.3) is 0 Å². The van der Waals surface area contributed by atoms with Gasteiger partial charge in [0.2, 0.25) is 0 Å². The van der Waals surface area contributed by atoms with E-state index in [1.54, 1.807) is 0 Å². The normalized spacial score (nSPS) is 56.3. The van der Waals surface area contributed by atoms with Gasteiger partial charge in [-0.3, -0.25) is 0 Å². The molecule has 0 heterocycles. The molecular formula is C32H48O2. The van der Waals surface area contributed by atoms with E-state index >= 15 is 0 Å². The summed E-state index contributed by atoms with van der Waals surface area (Å²) in [6.45, 7) is 16.4. The van der Waals surface area contributed by atoms with Crippen molar-refractivity contribution in [3.8, 4) is 12.3 Å². The quantitative estimate of drug-likeness (QED) is 0.272. The summed E-state index contributed by atoms with van der Waals surface area (Å²) in [4.78, 5) is 12.6. The molecular weight excluding hydrogens is 416 g/mol. The Morgan fingerprint density at radius 3 is 2.35 bits per heavy atom. The monoisotopic (exact) mass is 464 g/mol. The standard InChI is InChI=1S/C32H48O2/c1-8-28(4)24-12-15-31(7)25(29(24,5)14-13-26(28)34)10-9-23-27-22(19-21(2)3)11-16-32(27,20-33)18-17-30(23,31)6/h1,20,22-27,34H,2,9-19H2,3-7H3. The summed E-state index contributed by atoms with van der Waals surface area (Å²) < 4.78 is 0. The maximum Gasteiger partial charge on any atom is 0.126 e. The van der Waals surface area contributed by atoms with E-state index in [2.05, 4.69) is 47.1 Å². The highest BCUT2D eigenvalue weighted by atomic mass is 16.3. The summed E-state index contributed by atoms with van der Waals surface area (Å²) in [7, 11) is 0. The number of aldehydes is 1. The van der Waals surface area contributed by atoms with Crippen LogP contribution < -0.4 is 0 Å². The summed E-state index contributed by atoms with van der Waals surface area (Å²) in [5.41, 5.74) is 1.50. The van der Waals surface area contributed by atoms with Gasteiger partial charge in [-0.05, 0) is 130 Å². The number of carbonyl (C=O) groups excluding carboxylic acids is 1. The molecule has 0 spiro atoms. The van der Waals surface area contributed by atoms with Gasteiger partial charge < -0.3 is 9.90 Å². The number of terminal acetylenes is 1. The molecule has 0 aliphatic heterocycles. The highest BCUT2D eigenvalue weighted by Gasteiger charge is 2.71. The van der Waals surface area contributed by atoms with Crippen molar-refractivity contribution in [2.45, 2.75) is 111 Å². The molecule has 0 bridgehead atoms. The van der Waals surface area contributed by atoms with Crippen LogP contribution in [0.3, 0.4) is 0 Å². The Bertz CT molecular complexity index is 914. The second-order valence-corrected chi connectivity index (χ2v) is 14.5. The smallest absolute Gasteiger partial charge is 0.126 e. The van der Waals surface area contributed by atoms with E-state index in [4.69, 9.17) is 6.42 Å². The number of carbonyl (C=O) groups is 1. The molecule has 1 N–H and O–H groups in total. The van der Waals surface area contributed by atoms with E-state index in [1.807, 2.05) is 0 Å². The first kappa shape index (κ1) is 24.6. The van der Waals surface area contributed by atoms with Crippen molar-refractivity contribution in [3.63, 3.8) is 0 Å². The third-order valence-corrected chi connectivity index (χ3v) is 13.4. The second-order valence-electron chi connectivity index (χ2n) is 14.5. The van der Waals surface area contributed by atoms with E-state index in [9.17, 15) is 9.90 Å². The highest BCUT2D eigenvalue weighted by Crippen LogP contribution is 2.77. The predicted octanol–water partition coefficient (Wildman–Crippen LogP) is 7.21. The first-order valence-electron chi connectivity index (χ1n) is 14.2. The molecule has 5 fully saturated rings. The summed E-state index contributed by atoms with van der Waals surface area (Å²) in [5.74, 6) is 5.91. The van der Waals surface area contributed by atoms with Crippen molar-refractivity contribution >= 4 is 6.29 Å². The van der Waals surface area contributed by atoms with Gasteiger partial charge in [-0.25, -0.2) is 0 Å². The van der Waals surface area contributed by atoms with E-state index in [0.29, 0.717) is 29.6 Å². The van der Waals surface area contributed by atoms with Crippen LogP contribution in [0.2, 0.25) is 0 Å². The van der Waals surface area contributed by atoms with E-state index in [0.717, 1.165) is 38.5 Å². The van der Waals surface area contributed by atoms with E-state index < -0.39 is 5.41 Å². The molecule has 188 valence electrons. The molecule has 0 aromatic rings. The predicted molar refractivity (Wildman–Crippen MR) is 139 cm³/mol. The van der Waals surface area contributed by atoms with Crippen molar-refractivity contribution in [2.75, 3.05) is 0 Å². The maximum absolute atomic E-state index is 12.6. The van der Waals surface area contributed by atoms with Crippen LogP contribution in [0.25, 0.3) is 0 Å². The van der Waals surface area contributed by atoms with Crippen molar-refractivity contribution in [3.05, 3.63) is 12.2 Å². The zero-order valence-corrected chi connectivity index (χ0v) is 22.5. The van der Waals surface area contributed by atoms with Gasteiger partial charge in [-0.1, -0.05) is 32.3 Å². The molecule has 0 aromatic carbocycles. The summed E-state index contributed by atoms with van der Waals surface area (Å²) in [5, 5.41) is 11.0. The molecule has 5 saturated carbocycles. The van der Waals surface area contributed by atoms with Gasteiger partial charge in [-0.2, -0.15) is 0 Å². The molecule has 5 aliphatic carbocycles. The Labute approximate surface area is 208 Å².